The minimum atomic E-state index is -1.05. The fourth-order valence-electron chi connectivity index (χ4n) is 1.14. The van der Waals surface area contributed by atoms with Gasteiger partial charge in [0.1, 0.15) is 5.75 Å². The summed E-state index contributed by atoms with van der Waals surface area (Å²) in [7, 11) is 1.51. The highest BCUT2D eigenvalue weighted by Gasteiger charge is 2.09. The van der Waals surface area contributed by atoms with Crippen molar-refractivity contribution < 1.29 is 19.8 Å². The van der Waals surface area contributed by atoms with Crippen LogP contribution in [0.2, 0.25) is 0 Å². The lowest BCUT2D eigenvalue weighted by Crippen LogP contribution is -2.08. The summed E-state index contributed by atoms with van der Waals surface area (Å²) in [5, 5.41) is 20.2. The van der Waals surface area contributed by atoms with Crippen molar-refractivity contribution in [1.29, 1.82) is 0 Å². The van der Waals surface area contributed by atoms with Gasteiger partial charge in [-0.1, -0.05) is 17.3 Å². The van der Waals surface area contributed by atoms with Crippen LogP contribution in [0.25, 0.3) is 0 Å². The molecule has 5 heteroatoms. The molecule has 1 rings (SSSR count). The van der Waals surface area contributed by atoms with E-state index < -0.39 is 5.97 Å². The molecule has 1 aromatic carbocycles. The molecule has 80 valence electrons. The van der Waals surface area contributed by atoms with Gasteiger partial charge in [0.25, 0.3) is 0 Å². The molecule has 0 fully saturated rings. The van der Waals surface area contributed by atoms with Gasteiger partial charge in [0.05, 0.1) is 19.2 Å². The van der Waals surface area contributed by atoms with E-state index in [4.69, 9.17) is 15.1 Å². The highest BCUT2D eigenvalue weighted by Crippen LogP contribution is 2.14. The number of hydrogen-bond acceptors (Lipinski definition) is 4. The third kappa shape index (κ3) is 2.98. The average molecular weight is 209 g/mol. The molecule has 0 aliphatic heterocycles. The van der Waals surface area contributed by atoms with Crippen molar-refractivity contribution in [2.45, 2.75) is 6.42 Å². The zero-order valence-corrected chi connectivity index (χ0v) is 8.17. The number of ether oxygens (including phenoxy) is 1. The molecule has 15 heavy (non-hydrogen) atoms. The van der Waals surface area contributed by atoms with E-state index in [1.54, 1.807) is 24.3 Å². The van der Waals surface area contributed by atoms with E-state index >= 15 is 0 Å². The lowest BCUT2D eigenvalue weighted by Gasteiger charge is -2.04. The number of rotatable bonds is 4. The number of methoxy groups -OCH3 is 1. The first kappa shape index (κ1) is 11.0. The number of carbonyl (C=O) groups is 1. The Balaban J connectivity index is 2.97. The van der Waals surface area contributed by atoms with Gasteiger partial charge in [0.2, 0.25) is 0 Å². The van der Waals surface area contributed by atoms with Crippen LogP contribution >= 0.6 is 0 Å². The van der Waals surface area contributed by atoms with Crippen LogP contribution in [-0.2, 0) is 4.79 Å². The molecular weight excluding hydrogens is 198 g/mol. The Morgan fingerprint density at radius 1 is 1.53 bits per heavy atom. The van der Waals surface area contributed by atoms with Crippen LogP contribution < -0.4 is 4.74 Å². The minimum absolute atomic E-state index is 0.0985. The van der Waals surface area contributed by atoms with Crippen molar-refractivity contribution in [3.63, 3.8) is 0 Å². The van der Waals surface area contributed by atoms with E-state index in [1.165, 1.54) is 7.11 Å². The Morgan fingerprint density at radius 2 is 2.27 bits per heavy atom. The van der Waals surface area contributed by atoms with Crippen molar-refractivity contribution in [2.24, 2.45) is 5.16 Å². The molecule has 0 aliphatic rings. The van der Waals surface area contributed by atoms with Crippen LogP contribution in [0.4, 0.5) is 0 Å². The van der Waals surface area contributed by atoms with Crippen LogP contribution in [0.1, 0.15) is 12.0 Å². The van der Waals surface area contributed by atoms with Crippen molar-refractivity contribution in [2.75, 3.05) is 7.11 Å². The first-order valence-corrected chi connectivity index (χ1v) is 4.24. The summed E-state index contributed by atoms with van der Waals surface area (Å²) < 4.78 is 4.97. The van der Waals surface area contributed by atoms with Crippen molar-refractivity contribution in [3.8, 4) is 5.75 Å². The van der Waals surface area contributed by atoms with E-state index in [-0.39, 0.29) is 12.1 Å². The van der Waals surface area contributed by atoms with Gasteiger partial charge >= 0.3 is 5.97 Å². The summed E-state index contributed by atoms with van der Waals surface area (Å²) in [6.07, 6.45) is -0.330. The molecule has 0 bridgehead atoms. The van der Waals surface area contributed by atoms with Gasteiger partial charge in [-0.05, 0) is 12.1 Å². The van der Waals surface area contributed by atoms with Crippen LogP contribution in [0, 0.1) is 0 Å². The number of carboxylic acids is 1. The minimum Gasteiger partial charge on any atom is -0.497 e. The highest BCUT2D eigenvalue weighted by atomic mass is 16.5. The standard InChI is InChI=1S/C10H11NO4/c1-15-8-4-2-3-7(5-8)9(11-14)6-10(12)13/h2-5,14H,6H2,1H3,(H,12,13)/b11-9-. The lowest BCUT2D eigenvalue weighted by atomic mass is 10.1. The third-order valence-corrected chi connectivity index (χ3v) is 1.84. The largest absolute Gasteiger partial charge is 0.497 e. The second-order valence-corrected chi connectivity index (χ2v) is 2.85. The van der Waals surface area contributed by atoms with Crippen LogP contribution in [0.5, 0.6) is 5.75 Å². The Morgan fingerprint density at radius 3 is 2.80 bits per heavy atom. The van der Waals surface area contributed by atoms with Gasteiger partial charge in [-0.2, -0.15) is 0 Å². The molecule has 0 saturated carbocycles. The Labute approximate surface area is 86.6 Å². The molecule has 1 aromatic rings. The zero-order valence-electron chi connectivity index (χ0n) is 8.17. The maximum atomic E-state index is 10.5. The third-order valence-electron chi connectivity index (χ3n) is 1.84. The van der Waals surface area contributed by atoms with E-state index in [2.05, 4.69) is 5.16 Å². The summed E-state index contributed by atoms with van der Waals surface area (Å²) in [4.78, 5) is 10.5. The number of aliphatic carboxylic acids is 1. The van der Waals surface area contributed by atoms with Crippen LogP contribution in [0.15, 0.2) is 29.4 Å². The smallest absolute Gasteiger partial charge is 0.309 e. The molecule has 0 atom stereocenters. The number of nitrogens with zero attached hydrogens (tertiary/aromatic N) is 1. The molecule has 0 amide bonds. The van der Waals surface area contributed by atoms with Crippen molar-refractivity contribution in [1.82, 2.24) is 0 Å². The number of hydrogen-bond donors (Lipinski definition) is 2. The maximum absolute atomic E-state index is 10.5. The summed E-state index contributed by atoms with van der Waals surface area (Å²) in [5.41, 5.74) is 0.626. The Hall–Kier alpha value is -2.04. The van der Waals surface area contributed by atoms with Crippen molar-refractivity contribution >= 4 is 11.7 Å². The SMILES string of the molecule is COc1cccc(/C(CC(=O)O)=N\O)c1. The predicted octanol–water partition coefficient (Wildman–Crippen LogP) is 1.35. The Kier molecular flexibility index (Phi) is 3.68. The summed E-state index contributed by atoms with van der Waals surface area (Å²) in [6, 6.07) is 6.68. The fraction of sp³-hybridized carbons (Fsp3) is 0.200. The second-order valence-electron chi connectivity index (χ2n) is 2.85. The predicted molar refractivity (Wildman–Crippen MR) is 53.6 cm³/mol. The molecule has 0 heterocycles. The van der Waals surface area contributed by atoms with Gasteiger partial charge in [-0.3, -0.25) is 4.79 Å². The molecule has 0 spiro atoms. The first-order valence-electron chi connectivity index (χ1n) is 4.24. The van der Waals surface area contributed by atoms with Gasteiger partial charge in [-0.25, -0.2) is 0 Å². The highest BCUT2D eigenvalue weighted by molar-refractivity contribution is 6.08. The van der Waals surface area contributed by atoms with E-state index in [9.17, 15) is 4.79 Å². The Bertz CT molecular complexity index is 387. The molecule has 0 saturated heterocycles. The molecule has 0 aromatic heterocycles. The first-order chi connectivity index (χ1) is 7.17. The molecule has 0 radical (unpaired) electrons. The molecule has 0 aliphatic carbocycles. The average Bonchev–Trinajstić information content (AvgIpc) is 2.25. The lowest BCUT2D eigenvalue weighted by molar-refractivity contribution is -0.135. The quantitative estimate of drug-likeness (QED) is 0.445. The van der Waals surface area contributed by atoms with E-state index in [0.717, 1.165) is 0 Å². The summed E-state index contributed by atoms with van der Waals surface area (Å²) >= 11 is 0. The van der Waals surface area contributed by atoms with E-state index in [1.807, 2.05) is 0 Å². The fourth-order valence-corrected chi connectivity index (χ4v) is 1.14. The van der Waals surface area contributed by atoms with Crippen LogP contribution in [0.3, 0.4) is 0 Å². The van der Waals surface area contributed by atoms with Gasteiger partial charge in [-0.15, -0.1) is 0 Å². The molecule has 2 N–H and O–H groups in total. The number of oxime groups is 1. The van der Waals surface area contributed by atoms with Gasteiger partial charge < -0.3 is 15.1 Å². The number of carboxylic acid groups (broad SMARTS) is 1. The van der Waals surface area contributed by atoms with Crippen LogP contribution in [-0.4, -0.2) is 29.1 Å². The van der Waals surface area contributed by atoms with E-state index in [0.29, 0.717) is 11.3 Å². The summed E-state index contributed by atoms with van der Waals surface area (Å²) in [5.74, 6) is -0.468. The normalized spacial score (nSPS) is 11.1. The second kappa shape index (κ2) is 4.99. The molecular formula is C10H11NO4. The number of benzene rings is 1. The maximum Gasteiger partial charge on any atom is 0.309 e. The topological polar surface area (TPSA) is 79.1 Å². The molecule has 0 unspecified atom stereocenters. The zero-order chi connectivity index (χ0) is 11.3. The van der Waals surface area contributed by atoms with Crippen molar-refractivity contribution in [3.05, 3.63) is 29.8 Å². The molecule has 5 nitrogen and oxygen atoms in total. The summed E-state index contributed by atoms with van der Waals surface area (Å²) in [6.45, 7) is 0. The monoisotopic (exact) mass is 209 g/mol. The van der Waals surface area contributed by atoms with Gasteiger partial charge in [0.15, 0.2) is 0 Å². The van der Waals surface area contributed by atoms with Gasteiger partial charge in [0, 0.05) is 5.56 Å².